The second-order valence-corrected chi connectivity index (χ2v) is 6.59. The minimum Gasteiger partial charge on any atom is -0.484 e. The fourth-order valence-electron chi connectivity index (χ4n) is 2.09. The van der Waals surface area contributed by atoms with Gasteiger partial charge in [0.05, 0.1) is 10.7 Å². The maximum atomic E-state index is 12.3. The number of amides is 1. The molecule has 0 saturated carbocycles. The zero-order valence-electron chi connectivity index (χ0n) is 13.9. The van der Waals surface area contributed by atoms with Crippen molar-refractivity contribution in [3.8, 4) is 5.75 Å². The number of anilines is 1. The van der Waals surface area contributed by atoms with E-state index in [0.29, 0.717) is 16.3 Å². The standard InChI is InChI=1S/C17H19F3N2O2S/c1-3-4-5-14-21-11(2)15(25-14)16(23)22-12-6-8-13(9-7-12)24-10-17(18,19)20/h6-9H,3-5,10H2,1-2H3,(H,22,23). The van der Waals surface area contributed by atoms with Crippen molar-refractivity contribution in [1.29, 1.82) is 0 Å². The second kappa shape index (κ2) is 8.33. The molecule has 136 valence electrons. The number of ether oxygens (including phenoxy) is 1. The van der Waals surface area contributed by atoms with Crippen molar-refractivity contribution in [3.05, 3.63) is 39.8 Å². The summed E-state index contributed by atoms with van der Waals surface area (Å²) in [5, 5.41) is 3.65. The minimum atomic E-state index is -4.38. The van der Waals surface area contributed by atoms with Crippen molar-refractivity contribution in [2.24, 2.45) is 0 Å². The Balaban J connectivity index is 1.97. The van der Waals surface area contributed by atoms with Crippen LogP contribution in [0.5, 0.6) is 5.75 Å². The Morgan fingerprint density at radius 3 is 2.56 bits per heavy atom. The highest BCUT2D eigenvalue weighted by Crippen LogP contribution is 2.23. The van der Waals surface area contributed by atoms with Gasteiger partial charge >= 0.3 is 6.18 Å². The summed E-state index contributed by atoms with van der Waals surface area (Å²) in [6.45, 7) is 2.53. The Hall–Kier alpha value is -2.09. The molecule has 2 aromatic rings. The van der Waals surface area contributed by atoms with E-state index in [1.165, 1.54) is 35.6 Å². The molecule has 0 atom stereocenters. The number of nitrogens with zero attached hydrogens (tertiary/aromatic N) is 1. The molecule has 0 aliphatic rings. The first-order chi connectivity index (χ1) is 11.8. The fraction of sp³-hybridized carbons (Fsp3) is 0.412. The number of aryl methyl sites for hydroxylation is 2. The lowest BCUT2D eigenvalue weighted by atomic mass is 10.2. The number of unbranched alkanes of at least 4 members (excludes halogenated alkanes) is 1. The molecule has 1 aromatic heterocycles. The molecule has 0 fully saturated rings. The van der Waals surface area contributed by atoms with Crippen molar-refractivity contribution >= 4 is 22.9 Å². The number of halogens is 3. The average molecular weight is 372 g/mol. The Kier molecular flexibility index (Phi) is 6.41. The number of benzene rings is 1. The first-order valence-electron chi connectivity index (χ1n) is 7.85. The molecule has 8 heteroatoms. The maximum Gasteiger partial charge on any atom is 0.422 e. The van der Waals surface area contributed by atoms with E-state index >= 15 is 0 Å². The highest BCUT2D eigenvalue weighted by molar-refractivity contribution is 7.13. The lowest BCUT2D eigenvalue weighted by molar-refractivity contribution is -0.153. The Morgan fingerprint density at radius 2 is 1.96 bits per heavy atom. The van der Waals surface area contributed by atoms with Crippen molar-refractivity contribution in [2.75, 3.05) is 11.9 Å². The predicted molar refractivity (Wildman–Crippen MR) is 91.4 cm³/mol. The molecule has 1 N–H and O–H groups in total. The van der Waals surface area contributed by atoms with Crippen LogP contribution in [-0.4, -0.2) is 23.7 Å². The summed E-state index contributed by atoms with van der Waals surface area (Å²) < 4.78 is 41.0. The number of carbonyl (C=O) groups excluding carboxylic acids is 1. The first-order valence-corrected chi connectivity index (χ1v) is 8.67. The number of thiazole rings is 1. The Bertz CT molecular complexity index is 712. The van der Waals surface area contributed by atoms with E-state index in [2.05, 4.69) is 22.0 Å². The zero-order chi connectivity index (χ0) is 18.4. The molecule has 1 amide bonds. The average Bonchev–Trinajstić information content (AvgIpc) is 2.92. The van der Waals surface area contributed by atoms with Gasteiger partial charge in [-0.15, -0.1) is 11.3 Å². The molecule has 2 rings (SSSR count). The molecular weight excluding hydrogens is 353 g/mol. The van der Waals surface area contributed by atoms with Gasteiger partial charge in [0, 0.05) is 5.69 Å². The highest BCUT2D eigenvalue weighted by atomic mass is 32.1. The smallest absolute Gasteiger partial charge is 0.422 e. The predicted octanol–water partition coefficient (Wildman–Crippen LogP) is 4.99. The summed E-state index contributed by atoms with van der Waals surface area (Å²) >= 11 is 1.37. The topological polar surface area (TPSA) is 51.2 Å². The van der Waals surface area contributed by atoms with Gasteiger partial charge in [0.1, 0.15) is 10.6 Å². The van der Waals surface area contributed by atoms with Gasteiger partial charge in [-0.25, -0.2) is 4.98 Å². The summed E-state index contributed by atoms with van der Waals surface area (Å²) in [6.07, 6.45) is -1.46. The van der Waals surface area contributed by atoms with Crippen LogP contribution in [0.25, 0.3) is 0 Å². The quantitative estimate of drug-likeness (QED) is 0.745. The number of nitrogens with one attached hydrogen (secondary N) is 1. The van der Waals surface area contributed by atoms with Crippen LogP contribution < -0.4 is 10.1 Å². The van der Waals surface area contributed by atoms with E-state index in [9.17, 15) is 18.0 Å². The molecule has 4 nitrogen and oxygen atoms in total. The Morgan fingerprint density at radius 1 is 1.28 bits per heavy atom. The van der Waals surface area contributed by atoms with Gasteiger partial charge in [0.15, 0.2) is 6.61 Å². The first kappa shape index (κ1) is 19.2. The molecule has 0 aliphatic heterocycles. The number of hydrogen-bond acceptors (Lipinski definition) is 4. The zero-order valence-corrected chi connectivity index (χ0v) is 14.8. The summed E-state index contributed by atoms with van der Waals surface area (Å²) in [6, 6.07) is 5.76. The van der Waals surface area contributed by atoms with Crippen molar-refractivity contribution in [3.63, 3.8) is 0 Å². The fourth-order valence-corrected chi connectivity index (χ4v) is 3.09. The molecule has 0 saturated heterocycles. The van der Waals surface area contributed by atoms with E-state index < -0.39 is 12.8 Å². The summed E-state index contributed by atoms with van der Waals surface area (Å²) in [5.41, 5.74) is 1.16. The van der Waals surface area contributed by atoms with Crippen LogP contribution in [-0.2, 0) is 6.42 Å². The number of hydrogen-bond donors (Lipinski definition) is 1. The second-order valence-electron chi connectivity index (χ2n) is 5.51. The van der Waals surface area contributed by atoms with Crippen molar-refractivity contribution in [1.82, 2.24) is 4.98 Å². The van der Waals surface area contributed by atoms with Crippen LogP contribution >= 0.6 is 11.3 Å². The SMILES string of the molecule is CCCCc1nc(C)c(C(=O)Nc2ccc(OCC(F)(F)F)cc2)s1. The minimum absolute atomic E-state index is 0.0890. The normalized spacial score (nSPS) is 11.4. The molecule has 0 unspecified atom stereocenters. The molecule has 0 spiro atoms. The van der Waals surface area contributed by atoms with E-state index in [1.807, 2.05) is 0 Å². The lowest BCUT2D eigenvalue weighted by Crippen LogP contribution is -2.19. The maximum absolute atomic E-state index is 12.3. The molecule has 0 radical (unpaired) electrons. The van der Waals surface area contributed by atoms with Gasteiger partial charge in [-0.3, -0.25) is 4.79 Å². The third-order valence-electron chi connectivity index (χ3n) is 3.31. The number of aromatic nitrogens is 1. The number of carbonyl (C=O) groups is 1. The van der Waals surface area contributed by atoms with Crippen LogP contribution in [0.3, 0.4) is 0 Å². The molecule has 1 aromatic carbocycles. The van der Waals surface area contributed by atoms with Gasteiger partial charge in [-0.1, -0.05) is 13.3 Å². The summed E-state index contributed by atoms with van der Waals surface area (Å²) in [4.78, 5) is 17.3. The van der Waals surface area contributed by atoms with Crippen LogP contribution in [0.1, 0.15) is 40.1 Å². The third-order valence-corrected chi connectivity index (χ3v) is 4.52. The summed E-state index contributed by atoms with van der Waals surface area (Å²) in [7, 11) is 0. The van der Waals surface area contributed by atoms with E-state index in [0.717, 1.165) is 24.3 Å². The van der Waals surface area contributed by atoms with Crippen LogP contribution in [0.4, 0.5) is 18.9 Å². The van der Waals surface area contributed by atoms with Crippen molar-refractivity contribution < 1.29 is 22.7 Å². The van der Waals surface area contributed by atoms with Crippen LogP contribution in [0.2, 0.25) is 0 Å². The number of alkyl halides is 3. The lowest BCUT2D eigenvalue weighted by Gasteiger charge is -2.10. The molecular formula is C17H19F3N2O2S. The van der Waals surface area contributed by atoms with Crippen molar-refractivity contribution in [2.45, 2.75) is 39.3 Å². The van der Waals surface area contributed by atoms with Crippen LogP contribution in [0, 0.1) is 6.92 Å². The molecule has 0 aliphatic carbocycles. The van der Waals surface area contributed by atoms with Gasteiger partial charge in [0.25, 0.3) is 5.91 Å². The molecule has 0 bridgehead atoms. The van der Waals surface area contributed by atoms with E-state index in [1.54, 1.807) is 6.92 Å². The summed E-state index contributed by atoms with van der Waals surface area (Å²) in [5.74, 6) is -0.187. The molecule has 1 heterocycles. The monoisotopic (exact) mass is 372 g/mol. The third kappa shape index (κ3) is 6.04. The molecule has 25 heavy (non-hydrogen) atoms. The van der Waals surface area contributed by atoms with E-state index in [-0.39, 0.29) is 11.7 Å². The highest BCUT2D eigenvalue weighted by Gasteiger charge is 2.28. The van der Waals surface area contributed by atoms with Gasteiger partial charge in [0.2, 0.25) is 0 Å². The van der Waals surface area contributed by atoms with E-state index in [4.69, 9.17) is 0 Å². The Labute approximate surface area is 148 Å². The van der Waals surface area contributed by atoms with Gasteiger partial charge < -0.3 is 10.1 Å². The van der Waals surface area contributed by atoms with Crippen LogP contribution in [0.15, 0.2) is 24.3 Å². The van der Waals surface area contributed by atoms with Gasteiger partial charge in [-0.05, 0) is 44.0 Å². The van der Waals surface area contributed by atoms with Gasteiger partial charge in [-0.2, -0.15) is 13.2 Å². The number of rotatable bonds is 7. The largest absolute Gasteiger partial charge is 0.484 e.